The molecule has 1 aliphatic rings. The van der Waals surface area contributed by atoms with Gasteiger partial charge in [-0.2, -0.15) is 0 Å². The monoisotopic (exact) mass is 206 g/mol. The Morgan fingerprint density at radius 1 is 1.33 bits per heavy atom. The van der Waals surface area contributed by atoms with Crippen LogP contribution in [0.5, 0.6) is 0 Å². The predicted molar refractivity (Wildman–Crippen MR) is 55.1 cm³/mol. The first-order valence-corrected chi connectivity index (χ1v) is 5.13. The molecule has 0 aromatic heterocycles. The third-order valence-electron chi connectivity index (χ3n) is 1.74. The minimum absolute atomic E-state index is 0.0928. The van der Waals surface area contributed by atoms with Gasteiger partial charge in [0.25, 0.3) is 0 Å². The lowest BCUT2D eigenvalue weighted by Crippen LogP contribution is -2.18. The van der Waals surface area contributed by atoms with Gasteiger partial charge < -0.3 is 0 Å². The van der Waals surface area contributed by atoms with Crippen LogP contribution in [0.2, 0.25) is 0 Å². The zero-order chi connectivity index (χ0) is 9.57. The fourth-order valence-corrected chi connectivity index (χ4v) is 2.35. The van der Waals surface area contributed by atoms with Crippen LogP contribution in [0.3, 0.4) is 0 Å². The lowest BCUT2D eigenvalue weighted by molar-refractivity contribution is 0.204. The molecule has 12 heavy (non-hydrogen) atoms. The Balaban J connectivity index is 3.01. The molecule has 0 bridgehead atoms. The maximum Gasteiger partial charge on any atom is 0.114 e. The highest BCUT2D eigenvalue weighted by Gasteiger charge is 2.38. The number of halogens is 1. The van der Waals surface area contributed by atoms with E-state index in [0.717, 1.165) is 9.94 Å². The topological polar surface area (TPSA) is 9.23 Å². The second-order valence-electron chi connectivity index (χ2n) is 4.57. The number of hydrogen-bond acceptors (Lipinski definition) is 2. The fourth-order valence-electron chi connectivity index (χ4n) is 0.947. The second-order valence-corrected chi connectivity index (χ2v) is 5.69. The van der Waals surface area contributed by atoms with Gasteiger partial charge in [0.1, 0.15) is 5.60 Å². The summed E-state index contributed by atoms with van der Waals surface area (Å²) < 4.78 is 5.50. The minimum Gasteiger partial charge on any atom is -0.299 e. The van der Waals surface area contributed by atoms with E-state index >= 15 is 0 Å². The second kappa shape index (κ2) is 2.93. The quantitative estimate of drug-likeness (QED) is 0.556. The highest BCUT2D eigenvalue weighted by molar-refractivity contribution is 7.99. The zero-order valence-electron chi connectivity index (χ0n) is 8.19. The summed E-state index contributed by atoms with van der Waals surface area (Å²) in [6.07, 6.45) is 0. The Morgan fingerprint density at radius 3 is 2.00 bits per heavy atom. The highest BCUT2D eigenvalue weighted by atomic mass is 35.5. The molecule has 0 amide bonds. The van der Waals surface area contributed by atoms with Crippen molar-refractivity contribution in [1.82, 2.24) is 0 Å². The third kappa shape index (κ3) is 1.81. The van der Waals surface area contributed by atoms with Crippen LogP contribution < -0.4 is 0 Å². The van der Waals surface area contributed by atoms with Gasteiger partial charge in [-0.15, -0.1) is 0 Å². The Labute approximate surface area is 83.7 Å². The summed E-state index contributed by atoms with van der Waals surface area (Å²) in [5.74, 6) is 0. The first-order valence-electron chi connectivity index (χ1n) is 4.01. The molecule has 0 aromatic rings. The summed E-state index contributed by atoms with van der Waals surface area (Å²) in [5, 5.41) is 0.847. The van der Waals surface area contributed by atoms with Crippen LogP contribution >= 0.6 is 23.6 Å². The average Bonchev–Trinajstić information content (AvgIpc) is 2.06. The Kier molecular flexibility index (Phi) is 2.54. The van der Waals surface area contributed by atoms with Crippen LogP contribution in [0.4, 0.5) is 0 Å². The molecule has 1 heterocycles. The first kappa shape index (κ1) is 10.4. The number of rotatable bonds is 0. The summed E-state index contributed by atoms with van der Waals surface area (Å²) in [5.41, 5.74) is -0.218. The van der Waals surface area contributed by atoms with Gasteiger partial charge >= 0.3 is 0 Å². The molecule has 0 saturated carbocycles. The van der Waals surface area contributed by atoms with E-state index in [-0.39, 0.29) is 11.0 Å². The van der Waals surface area contributed by atoms with Crippen LogP contribution in [0.15, 0.2) is 9.94 Å². The SMILES string of the molecule is CC(C)(C)C1=C(Cl)C(C)(C)OS1. The van der Waals surface area contributed by atoms with Crippen LogP contribution in [0.1, 0.15) is 34.6 Å². The molecule has 0 atom stereocenters. The van der Waals surface area contributed by atoms with Gasteiger partial charge in [-0.1, -0.05) is 32.4 Å². The summed E-state index contributed by atoms with van der Waals surface area (Å²) in [6.45, 7) is 10.4. The van der Waals surface area contributed by atoms with Gasteiger partial charge in [-0.3, -0.25) is 4.18 Å². The van der Waals surface area contributed by atoms with Crippen molar-refractivity contribution in [2.24, 2.45) is 5.41 Å². The number of allylic oxidation sites excluding steroid dienone is 1. The standard InChI is InChI=1S/C9H15ClOS/c1-8(2,3)7-6(10)9(4,5)11-12-7/h1-5H3. The maximum absolute atomic E-state index is 6.19. The molecule has 0 aromatic carbocycles. The molecule has 0 unspecified atom stereocenters. The molecule has 1 rings (SSSR count). The van der Waals surface area contributed by atoms with E-state index in [2.05, 4.69) is 20.8 Å². The van der Waals surface area contributed by atoms with Gasteiger partial charge in [-0.25, -0.2) is 0 Å². The van der Waals surface area contributed by atoms with E-state index in [1.165, 1.54) is 12.0 Å². The van der Waals surface area contributed by atoms with Gasteiger partial charge in [0.15, 0.2) is 0 Å². The molecule has 70 valence electrons. The normalized spacial score (nSPS) is 23.5. The van der Waals surface area contributed by atoms with E-state index in [9.17, 15) is 0 Å². The van der Waals surface area contributed by atoms with E-state index in [1.54, 1.807) is 0 Å². The molecule has 0 fully saturated rings. The Hall–Kier alpha value is 0.340. The molecule has 0 radical (unpaired) electrons. The van der Waals surface area contributed by atoms with Crippen LogP contribution in [-0.4, -0.2) is 5.60 Å². The predicted octanol–water partition coefficient (Wildman–Crippen LogP) is 3.94. The van der Waals surface area contributed by atoms with Crippen molar-refractivity contribution in [3.63, 3.8) is 0 Å². The molecular weight excluding hydrogens is 192 g/mol. The van der Waals surface area contributed by atoms with E-state index in [1.807, 2.05) is 13.8 Å². The summed E-state index contributed by atoms with van der Waals surface area (Å²) >= 11 is 7.60. The summed E-state index contributed by atoms with van der Waals surface area (Å²) in [7, 11) is 0. The average molecular weight is 207 g/mol. The van der Waals surface area contributed by atoms with Crippen molar-refractivity contribution < 1.29 is 4.18 Å². The van der Waals surface area contributed by atoms with Crippen LogP contribution in [0.25, 0.3) is 0 Å². The van der Waals surface area contributed by atoms with Gasteiger partial charge in [0.05, 0.1) is 5.03 Å². The van der Waals surface area contributed by atoms with Gasteiger partial charge in [0.2, 0.25) is 0 Å². The lowest BCUT2D eigenvalue weighted by Gasteiger charge is -2.19. The first-order chi connectivity index (χ1) is 5.25. The molecule has 0 spiro atoms. The van der Waals surface area contributed by atoms with E-state index < -0.39 is 0 Å². The van der Waals surface area contributed by atoms with Crippen molar-refractivity contribution in [2.45, 2.75) is 40.2 Å². The molecule has 0 N–H and O–H groups in total. The summed E-state index contributed by atoms with van der Waals surface area (Å²) in [6, 6.07) is 0. The molecule has 0 aliphatic carbocycles. The van der Waals surface area contributed by atoms with Crippen molar-refractivity contribution in [3.05, 3.63) is 9.94 Å². The molecule has 1 nitrogen and oxygen atoms in total. The fraction of sp³-hybridized carbons (Fsp3) is 0.778. The summed E-state index contributed by atoms with van der Waals surface area (Å²) in [4.78, 5) is 1.15. The van der Waals surface area contributed by atoms with Crippen LogP contribution in [0, 0.1) is 5.41 Å². The van der Waals surface area contributed by atoms with Gasteiger partial charge in [0, 0.05) is 16.9 Å². The largest absolute Gasteiger partial charge is 0.299 e. The van der Waals surface area contributed by atoms with Crippen molar-refractivity contribution in [2.75, 3.05) is 0 Å². The van der Waals surface area contributed by atoms with Crippen molar-refractivity contribution in [1.29, 1.82) is 0 Å². The van der Waals surface area contributed by atoms with Crippen molar-refractivity contribution >= 4 is 23.6 Å². The Bertz CT molecular complexity index is 225. The van der Waals surface area contributed by atoms with Gasteiger partial charge in [-0.05, 0) is 19.3 Å². The van der Waals surface area contributed by atoms with Crippen LogP contribution in [-0.2, 0) is 4.18 Å². The molecule has 0 saturated heterocycles. The van der Waals surface area contributed by atoms with Crippen molar-refractivity contribution in [3.8, 4) is 0 Å². The smallest absolute Gasteiger partial charge is 0.114 e. The molecule has 1 aliphatic heterocycles. The van der Waals surface area contributed by atoms with E-state index in [4.69, 9.17) is 15.8 Å². The zero-order valence-corrected chi connectivity index (χ0v) is 9.77. The maximum atomic E-state index is 6.19. The number of hydrogen-bond donors (Lipinski definition) is 0. The minimum atomic E-state index is -0.311. The third-order valence-corrected chi connectivity index (χ3v) is 3.98. The molecular formula is C9H15ClOS. The van der Waals surface area contributed by atoms with E-state index in [0.29, 0.717) is 0 Å². The highest BCUT2D eigenvalue weighted by Crippen LogP contribution is 2.50. The molecule has 3 heteroatoms. The lowest BCUT2D eigenvalue weighted by atomic mass is 9.93. The Morgan fingerprint density at radius 2 is 1.83 bits per heavy atom.